The van der Waals surface area contributed by atoms with E-state index < -0.39 is 4.92 Å². The quantitative estimate of drug-likeness (QED) is 0.661. The summed E-state index contributed by atoms with van der Waals surface area (Å²) >= 11 is 0. The number of hydrogen-bond acceptors (Lipinski definition) is 7. The Morgan fingerprint density at radius 2 is 2.29 bits per heavy atom. The van der Waals surface area contributed by atoms with Crippen LogP contribution < -0.4 is 10.5 Å². The van der Waals surface area contributed by atoms with Gasteiger partial charge >= 0.3 is 5.69 Å². The fraction of sp³-hybridized carbons (Fsp3) is 0.385. The molecule has 1 saturated carbocycles. The van der Waals surface area contributed by atoms with Crippen molar-refractivity contribution in [2.24, 2.45) is 11.7 Å². The number of nitro benzene ring substituents is 1. The van der Waals surface area contributed by atoms with Gasteiger partial charge in [-0.25, -0.2) is 0 Å². The van der Waals surface area contributed by atoms with Crippen molar-refractivity contribution >= 4 is 5.69 Å². The SMILES string of the molecule is COc1ccc(-c2nc(C(N)C3CC3)no2)cc1[N+](=O)[O-]. The van der Waals surface area contributed by atoms with Crippen LogP contribution in [-0.4, -0.2) is 22.2 Å². The summed E-state index contributed by atoms with van der Waals surface area (Å²) in [7, 11) is 1.38. The highest BCUT2D eigenvalue weighted by Gasteiger charge is 2.32. The van der Waals surface area contributed by atoms with Crippen LogP contribution in [0.15, 0.2) is 22.7 Å². The number of nitrogens with two attached hydrogens (primary N) is 1. The lowest BCUT2D eigenvalue weighted by Crippen LogP contribution is -2.13. The van der Waals surface area contributed by atoms with Crippen LogP contribution in [0.2, 0.25) is 0 Å². The predicted octanol–water partition coefficient (Wildman–Crippen LogP) is 2.06. The lowest BCUT2D eigenvalue weighted by molar-refractivity contribution is -0.385. The van der Waals surface area contributed by atoms with Gasteiger partial charge in [-0.1, -0.05) is 5.16 Å². The molecule has 0 radical (unpaired) electrons. The summed E-state index contributed by atoms with van der Waals surface area (Å²) in [4.78, 5) is 14.7. The largest absolute Gasteiger partial charge is 0.490 e. The summed E-state index contributed by atoms with van der Waals surface area (Å²) in [6.07, 6.45) is 2.14. The van der Waals surface area contributed by atoms with E-state index in [1.807, 2.05) is 0 Å². The van der Waals surface area contributed by atoms with E-state index in [0.717, 1.165) is 12.8 Å². The van der Waals surface area contributed by atoms with Crippen LogP contribution in [-0.2, 0) is 0 Å². The van der Waals surface area contributed by atoms with Gasteiger partial charge in [-0.2, -0.15) is 4.98 Å². The number of rotatable bonds is 5. The number of methoxy groups -OCH3 is 1. The third kappa shape index (κ3) is 2.57. The van der Waals surface area contributed by atoms with Gasteiger partial charge in [-0.05, 0) is 30.9 Å². The van der Waals surface area contributed by atoms with E-state index in [0.29, 0.717) is 17.3 Å². The Bertz CT molecular complexity index is 681. The van der Waals surface area contributed by atoms with Crippen molar-refractivity contribution in [3.05, 3.63) is 34.1 Å². The number of ether oxygens (including phenoxy) is 1. The van der Waals surface area contributed by atoms with Crippen molar-refractivity contribution in [3.8, 4) is 17.2 Å². The van der Waals surface area contributed by atoms with Gasteiger partial charge in [0.15, 0.2) is 11.6 Å². The van der Waals surface area contributed by atoms with Crippen molar-refractivity contribution in [1.82, 2.24) is 10.1 Å². The summed E-state index contributed by atoms with van der Waals surface area (Å²) < 4.78 is 10.1. The molecule has 2 aromatic rings. The van der Waals surface area contributed by atoms with Crippen LogP contribution in [0.3, 0.4) is 0 Å². The minimum atomic E-state index is -0.518. The van der Waals surface area contributed by atoms with Crippen LogP contribution in [0.5, 0.6) is 5.75 Å². The number of benzene rings is 1. The Hall–Kier alpha value is -2.48. The maximum Gasteiger partial charge on any atom is 0.311 e. The second-order valence-electron chi connectivity index (χ2n) is 4.96. The lowest BCUT2D eigenvalue weighted by atomic mass is 10.1. The standard InChI is InChI=1S/C13H14N4O4/c1-20-10-5-4-8(6-9(10)17(18)19)13-15-12(16-21-13)11(14)7-2-3-7/h4-7,11H,2-3,14H2,1H3. The minimum absolute atomic E-state index is 0.152. The minimum Gasteiger partial charge on any atom is -0.490 e. The molecule has 21 heavy (non-hydrogen) atoms. The molecule has 0 spiro atoms. The Morgan fingerprint density at radius 1 is 1.52 bits per heavy atom. The fourth-order valence-electron chi connectivity index (χ4n) is 2.12. The average Bonchev–Trinajstić information content (AvgIpc) is 3.22. The smallest absolute Gasteiger partial charge is 0.311 e. The van der Waals surface area contributed by atoms with Crippen LogP contribution in [0, 0.1) is 16.0 Å². The van der Waals surface area contributed by atoms with Gasteiger partial charge in [0.1, 0.15) is 0 Å². The molecule has 2 N–H and O–H groups in total. The first-order valence-corrected chi connectivity index (χ1v) is 6.52. The summed E-state index contributed by atoms with van der Waals surface area (Å²) in [5.74, 6) is 1.23. The zero-order valence-corrected chi connectivity index (χ0v) is 11.4. The van der Waals surface area contributed by atoms with Gasteiger partial charge in [-0.3, -0.25) is 10.1 Å². The van der Waals surface area contributed by atoms with Crippen LogP contribution in [0.25, 0.3) is 11.5 Å². The molecule has 1 fully saturated rings. The maximum atomic E-state index is 11.0. The molecular formula is C13H14N4O4. The first-order chi connectivity index (χ1) is 10.1. The van der Waals surface area contributed by atoms with E-state index in [4.69, 9.17) is 15.0 Å². The van der Waals surface area contributed by atoms with Crippen molar-refractivity contribution in [3.63, 3.8) is 0 Å². The van der Waals surface area contributed by atoms with Crippen molar-refractivity contribution < 1.29 is 14.2 Å². The second kappa shape index (κ2) is 5.13. The van der Waals surface area contributed by atoms with Gasteiger partial charge in [0, 0.05) is 11.6 Å². The molecule has 0 saturated heterocycles. The van der Waals surface area contributed by atoms with Crippen LogP contribution in [0.1, 0.15) is 24.7 Å². The Kier molecular flexibility index (Phi) is 3.30. The number of nitro groups is 1. The predicted molar refractivity (Wildman–Crippen MR) is 72.6 cm³/mol. The summed E-state index contributed by atoms with van der Waals surface area (Å²) in [6.45, 7) is 0. The summed E-state index contributed by atoms with van der Waals surface area (Å²) in [5, 5.41) is 14.9. The first-order valence-electron chi connectivity index (χ1n) is 6.52. The monoisotopic (exact) mass is 290 g/mol. The van der Waals surface area contributed by atoms with Crippen LogP contribution in [0.4, 0.5) is 5.69 Å². The summed E-state index contributed by atoms with van der Waals surface area (Å²) in [5.41, 5.74) is 6.31. The molecule has 1 atom stereocenters. The zero-order valence-electron chi connectivity index (χ0n) is 11.4. The molecule has 1 aromatic heterocycles. The average molecular weight is 290 g/mol. The molecular weight excluding hydrogens is 276 g/mol. The first kappa shape index (κ1) is 13.5. The molecule has 1 aliphatic carbocycles. The van der Waals surface area contributed by atoms with Crippen molar-refractivity contribution in [2.75, 3.05) is 7.11 Å². The summed E-state index contributed by atoms with van der Waals surface area (Å²) in [6, 6.07) is 4.23. The fourth-order valence-corrected chi connectivity index (χ4v) is 2.12. The van der Waals surface area contributed by atoms with E-state index in [-0.39, 0.29) is 23.4 Å². The lowest BCUT2D eigenvalue weighted by Gasteiger charge is -2.03. The molecule has 1 unspecified atom stereocenters. The van der Waals surface area contributed by atoms with Gasteiger partial charge in [0.2, 0.25) is 0 Å². The molecule has 3 rings (SSSR count). The molecule has 1 aliphatic rings. The highest BCUT2D eigenvalue weighted by molar-refractivity contribution is 5.62. The molecule has 8 heteroatoms. The Labute approximate surface area is 120 Å². The molecule has 1 aromatic carbocycles. The molecule has 0 bridgehead atoms. The molecule has 8 nitrogen and oxygen atoms in total. The normalized spacial score (nSPS) is 15.7. The maximum absolute atomic E-state index is 11.0. The van der Waals surface area contributed by atoms with E-state index >= 15 is 0 Å². The van der Waals surface area contributed by atoms with Crippen LogP contribution >= 0.6 is 0 Å². The van der Waals surface area contributed by atoms with Crippen molar-refractivity contribution in [1.29, 1.82) is 0 Å². The number of aromatic nitrogens is 2. The third-order valence-electron chi connectivity index (χ3n) is 3.49. The zero-order chi connectivity index (χ0) is 15.0. The third-order valence-corrected chi connectivity index (χ3v) is 3.49. The van der Waals surface area contributed by atoms with E-state index in [1.54, 1.807) is 6.07 Å². The highest BCUT2D eigenvalue weighted by atomic mass is 16.6. The highest BCUT2D eigenvalue weighted by Crippen LogP contribution is 2.39. The van der Waals surface area contributed by atoms with E-state index in [2.05, 4.69) is 10.1 Å². The molecule has 0 aliphatic heterocycles. The van der Waals surface area contributed by atoms with Gasteiger partial charge in [-0.15, -0.1) is 0 Å². The Morgan fingerprint density at radius 3 is 2.90 bits per heavy atom. The van der Waals surface area contributed by atoms with Gasteiger partial charge in [0.25, 0.3) is 5.89 Å². The van der Waals surface area contributed by atoms with E-state index in [1.165, 1.54) is 19.2 Å². The van der Waals surface area contributed by atoms with Gasteiger partial charge < -0.3 is 15.0 Å². The Balaban J connectivity index is 1.93. The molecule has 1 heterocycles. The topological polar surface area (TPSA) is 117 Å². The van der Waals surface area contributed by atoms with E-state index in [9.17, 15) is 10.1 Å². The number of nitrogens with zero attached hydrogens (tertiary/aromatic N) is 3. The molecule has 0 amide bonds. The number of hydrogen-bond donors (Lipinski definition) is 1. The van der Waals surface area contributed by atoms with Crippen molar-refractivity contribution in [2.45, 2.75) is 18.9 Å². The molecule has 110 valence electrons. The second-order valence-corrected chi connectivity index (χ2v) is 4.96. The van der Waals surface area contributed by atoms with Gasteiger partial charge in [0.05, 0.1) is 18.1 Å².